The van der Waals surface area contributed by atoms with Crippen molar-refractivity contribution in [2.45, 2.75) is 58.1 Å². The summed E-state index contributed by atoms with van der Waals surface area (Å²) in [6.45, 7) is 8.23. The quantitative estimate of drug-likeness (QED) is 0.711. The molecule has 160 valence electrons. The SMILES string of the molecule is C=c1c(Cc2ccc(C)nc2)cc2c(=O)n([C@H]3CCCC[C@@H]3O)cnc2/c1=C/C=C\C. The highest BCUT2D eigenvalue weighted by Crippen LogP contribution is 2.27. The zero-order chi connectivity index (χ0) is 22.0. The van der Waals surface area contributed by atoms with Gasteiger partial charge in [-0.05, 0) is 61.6 Å². The Kier molecular flexibility index (Phi) is 6.14. The van der Waals surface area contributed by atoms with Crippen LogP contribution in [0.25, 0.3) is 23.6 Å². The Bertz CT molecular complexity index is 1290. The Morgan fingerprint density at radius 2 is 2.06 bits per heavy atom. The lowest BCUT2D eigenvalue weighted by molar-refractivity contribution is 0.0735. The Morgan fingerprint density at radius 1 is 1.26 bits per heavy atom. The van der Waals surface area contributed by atoms with Crippen molar-refractivity contribution in [3.05, 3.63) is 80.5 Å². The van der Waals surface area contributed by atoms with Gasteiger partial charge in [-0.3, -0.25) is 14.3 Å². The molecular weight excluding hydrogens is 386 g/mol. The molecule has 0 amide bonds. The van der Waals surface area contributed by atoms with Crippen LogP contribution in [0, 0.1) is 6.92 Å². The lowest BCUT2D eigenvalue weighted by Gasteiger charge is -2.29. The number of hydrogen-bond acceptors (Lipinski definition) is 4. The van der Waals surface area contributed by atoms with E-state index in [-0.39, 0.29) is 11.6 Å². The van der Waals surface area contributed by atoms with Crippen molar-refractivity contribution in [2.24, 2.45) is 0 Å². The molecule has 1 N–H and O–H groups in total. The fourth-order valence-electron chi connectivity index (χ4n) is 4.41. The summed E-state index contributed by atoms with van der Waals surface area (Å²) in [5.74, 6) is 0. The number of aromatic nitrogens is 3. The van der Waals surface area contributed by atoms with Crippen molar-refractivity contribution in [1.82, 2.24) is 14.5 Å². The molecule has 1 saturated carbocycles. The number of aliphatic hydroxyl groups excluding tert-OH is 1. The van der Waals surface area contributed by atoms with E-state index in [4.69, 9.17) is 0 Å². The summed E-state index contributed by atoms with van der Waals surface area (Å²) >= 11 is 0. The van der Waals surface area contributed by atoms with Gasteiger partial charge in [-0.25, -0.2) is 4.98 Å². The van der Waals surface area contributed by atoms with Crippen LogP contribution in [-0.4, -0.2) is 25.7 Å². The number of pyridine rings is 1. The summed E-state index contributed by atoms with van der Waals surface area (Å²) in [6, 6.07) is 5.75. The zero-order valence-electron chi connectivity index (χ0n) is 18.2. The number of fused-ring (bicyclic) bond motifs is 1. The van der Waals surface area contributed by atoms with Crippen LogP contribution in [0.3, 0.4) is 0 Å². The molecule has 1 aliphatic rings. The minimum Gasteiger partial charge on any atom is -0.391 e. The van der Waals surface area contributed by atoms with Gasteiger partial charge in [0.15, 0.2) is 0 Å². The average Bonchev–Trinajstić information content (AvgIpc) is 2.77. The molecule has 0 saturated heterocycles. The van der Waals surface area contributed by atoms with Crippen LogP contribution < -0.4 is 16.0 Å². The fourth-order valence-corrected chi connectivity index (χ4v) is 4.41. The summed E-state index contributed by atoms with van der Waals surface area (Å²) in [4.78, 5) is 22.6. The topological polar surface area (TPSA) is 68.0 Å². The van der Waals surface area contributed by atoms with Crippen molar-refractivity contribution >= 4 is 23.6 Å². The van der Waals surface area contributed by atoms with Crippen LogP contribution in [0.15, 0.2) is 47.7 Å². The van der Waals surface area contributed by atoms with Gasteiger partial charge < -0.3 is 5.11 Å². The van der Waals surface area contributed by atoms with Gasteiger partial charge in [0, 0.05) is 17.1 Å². The van der Waals surface area contributed by atoms with Crippen molar-refractivity contribution < 1.29 is 5.11 Å². The van der Waals surface area contributed by atoms with E-state index >= 15 is 0 Å². The van der Waals surface area contributed by atoms with E-state index in [9.17, 15) is 9.90 Å². The van der Waals surface area contributed by atoms with E-state index in [1.165, 1.54) is 0 Å². The Hall–Kier alpha value is -3.05. The molecule has 1 aliphatic carbocycles. The molecule has 0 radical (unpaired) electrons. The van der Waals surface area contributed by atoms with Crippen molar-refractivity contribution in [2.75, 3.05) is 0 Å². The fraction of sp³-hybridized carbons (Fsp3) is 0.346. The summed E-state index contributed by atoms with van der Waals surface area (Å²) in [5.41, 5.74) is 3.57. The van der Waals surface area contributed by atoms with Crippen LogP contribution in [0.2, 0.25) is 0 Å². The predicted molar refractivity (Wildman–Crippen MR) is 125 cm³/mol. The molecule has 2 atom stereocenters. The van der Waals surface area contributed by atoms with Crippen molar-refractivity contribution in [1.29, 1.82) is 0 Å². The highest BCUT2D eigenvalue weighted by atomic mass is 16.3. The van der Waals surface area contributed by atoms with Crippen molar-refractivity contribution in [3.8, 4) is 0 Å². The third-order valence-corrected chi connectivity index (χ3v) is 6.19. The minimum absolute atomic E-state index is 0.102. The van der Waals surface area contributed by atoms with E-state index in [0.29, 0.717) is 17.3 Å². The lowest BCUT2D eigenvalue weighted by Crippen LogP contribution is -2.37. The van der Waals surface area contributed by atoms with Crippen molar-refractivity contribution in [3.63, 3.8) is 0 Å². The average molecular weight is 416 g/mol. The van der Waals surface area contributed by atoms with Gasteiger partial charge in [0.1, 0.15) is 0 Å². The second-order valence-electron chi connectivity index (χ2n) is 8.38. The molecule has 3 aromatic rings. The summed E-state index contributed by atoms with van der Waals surface area (Å²) in [7, 11) is 0. The number of rotatable bonds is 4. The van der Waals surface area contributed by atoms with E-state index < -0.39 is 6.10 Å². The predicted octanol–water partition coefficient (Wildman–Crippen LogP) is 2.93. The second kappa shape index (κ2) is 8.98. The van der Waals surface area contributed by atoms with Crippen LogP contribution >= 0.6 is 0 Å². The molecule has 1 fully saturated rings. The first-order valence-electron chi connectivity index (χ1n) is 10.9. The number of aliphatic hydroxyl groups is 1. The molecule has 5 nitrogen and oxygen atoms in total. The van der Waals surface area contributed by atoms with Gasteiger partial charge in [0.05, 0.1) is 29.4 Å². The van der Waals surface area contributed by atoms with Crippen LogP contribution in [0.4, 0.5) is 0 Å². The molecule has 5 heteroatoms. The zero-order valence-corrected chi connectivity index (χ0v) is 18.2. The third kappa shape index (κ3) is 4.23. The van der Waals surface area contributed by atoms with Crippen LogP contribution in [-0.2, 0) is 6.42 Å². The standard InChI is InChI=1S/C26H29N3O2/c1-4-5-8-21-18(3)20(13-19-12-11-17(2)27-15-19)14-22-25(21)28-16-29(26(22)31)23-9-6-7-10-24(23)30/h4-5,8,11-12,14-16,23-24,30H,3,6-7,9-10,13H2,1-2H3/b5-4-,21-8+/t23-,24-/m0/s1. The smallest absolute Gasteiger partial charge is 0.261 e. The van der Waals surface area contributed by atoms with E-state index in [2.05, 4.69) is 22.6 Å². The molecule has 2 heterocycles. The summed E-state index contributed by atoms with van der Waals surface area (Å²) < 4.78 is 1.63. The van der Waals surface area contributed by atoms with Gasteiger partial charge in [-0.15, -0.1) is 0 Å². The van der Waals surface area contributed by atoms with E-state index in [1.54, 1.807) is 10.9 Å². The highest BCUT2D eigenvalue weighted by molar-refractivity contribution is 5.80. The Balaban J connectivity index is 1.92. The third-order valence-electron chi connectivity index (χ3n) is 6.19. The van der Waals surface area contributed by atoms with Crippen LogP contribution in [0.5, 0.6) is 0 Å². The van der Waals surface area contributed by atoms with Gasteiger partial charge in [0.2, 0.25) is 0 Å². The van der Waals surface area contributed by atoms with Gasteiger partial charge in [-0.1, -0.05) is 43.7 Å². The molecule has 1 aromatic carbocycles. The largest absolute Gasteiger partial charge is 0.391 e. The molecule has 2 aromatic heterocycles. The first-order valence-corrected chi connectivity index (χ1v) is 10.9. The Labute approximate surface area is 182 Å². The first kappa shape index (κ1) is 21.2. The molecule has 4 rings (SSSR count). The van der Waals surface area contributed by atoms with Gasteiger partial charge in [0.25, 0.3) is 5.56 Å². The second-order valence-corrected chi connectivity index (χ2v) is 8.38. The minimum atomic E-state index is -0.509. The maximum Gasteiger partial charge on any atom is 0.261 e. The number of aryl methyl sites for hydroxylation is 1. The first-order chi connectivity index (χ1) is 15.0. The monoisotopic (exact) mass is 415 g/mol. The molecule has 0 unspecified atom stereocenters. The number of allylic oxidation sites excluding steroid dienone is 2. The maximum atomic E-state index is 13.5. The normalized spacial score (nSPS) is 20.0. The molecule has 31 heavy (non-hydrogen) atoms. The van der Waals surface area contributed by atoms with Gasteiger partial charge in [-0.2, -0.15) is 0 Å². The summed E-state index contributed by atoms with van der Waals surface area (Å²) in [5, 5.41) is 12.8. The maximum absolute atomic E-state index is 13.5. The van der Waals surface area contributed by atoms with Gasteiger partial charge >= 0.3 is 0 Å². The number of benzene rings is 1. The summed E-state index contributed by atoms with van der Waals surface area (Å²) in [6.07, 6.45) is 13.0. The molecule has 0 spiro atoms. The molecular formula is C26H29N3O2. The Morgan fingerprint density at radius 3 is 2.77 bits per heavy atom. The number of nitrogens with zero attached hydrogens (tertiary/aromatic N) is 3. The van der Waals surface area contributed by atoms with E-state index in [1.807, 2.05) is 50.4 Å². The molecule has 0 bridgehead atoms. The molecule has 0 aliphatic heterocycles. The lowest BCUT2D eigenvalue weighted by atomic mass is 9.92. The van der Waals surface area contributed by atoms with E-state index in [0.717, 1.165) is 52.9 Å². The highest BCUT2D eigenvalue weighted by Gasteiger charge is 2.26. The van der Waals surface area contributed by atoms with Crippen LogP contribution in [0.1, 0.15) is 55.5 Å². The number of hydrogen-bond donors (Lipinski definition) is 1.